The van der Waals surface area contributed by atoms with Crippen molar-refractivity contribution in [1.29, 1.82) is 0 Å². The number of hydrogen-bond acceptors (Lipinski definition) is 4. The van der Waals surface area contributed by atoms with Gasteiger partial charge in [0.2, 0.25) is 0 Å². The van der Waals surface area contributed by atoms with Gasteiger partial charge in [0.25, 0.3) is 0 Å². The summed E-state index contributed by atoms with van der Waals surface area (Å²) >= 11 is 0. The summed E-state index contributed by atoms with van der Waals surface area (Å²) in [5, 5.41) is 3.41. The molecular weight excluding hydrogens is 228 g/mol. The second kappa shape index (κ2) is 6.02. The van der Waals surface area contributed by atoms with Gasteiger partial charge in [-0.15, -0.1) is 0 Å². The maximum Gasteiger partial charge on any atom is 0.324 e. The summed E-state index contributed by atoms with van der Waals surface area (Å²) in [7, 11) is 1.48. The molecule has 1 saturated heterocycles. The zero-order chi connectivity index (χ0) is 13.1. The number of carbonyl (C=O) groups excluding carboxylic acids is 1. The van der Waals surface area contributed by atoms with Crippen LogP contribution < -0.4 is 5.32 Å². The van der Waals surface area contributed by atoms with Gasteiger partial charge in [0.05, 0.1) is 7.11 Å². The fourth-order valence-electron chi connectivity index (χ4n) is 2.79. The molecule has 1 N–H and O–H groups in total. The lowest BCUT2D eigenvalue weighted by Crippen LogP contribution is -2.52. The summed E-state index contributed by atoms with van der Waals surface area (Å²) in [6.45, 7) is 6.47. The van der Waals surface area contributed by atoms with Crippen LogP contribution in [0.5, 0.6) is 0 Å². The Kier molecular flexibility index (Phi) is 4.62. The van der Waals surface area contributed by atoms with Crippen molar-refractivity contribution in [3.8, 4) is 0 Å². The minimum atomic E-state index is -0.157. The Morgan fingerprint density at radius 3 is 2.72 bits per heavy atom. The number of likely N-dealkylation sites (tertiary alicyclic amines) is 1. The Hall–Kier alpha value is -0.610. The van der Waals surface area contributed by atoms with E-state index >= 15 is 0 Å². The molecule has 0 spiro atoms. The standard InChI is InChI=1S/C14H26N2O2/c1-10-5-4-8-16(11(10)2)9-13(14(17)18-3)15-12-6-7-12/h10-13,15H,4-9H2,1-3H3. The van der Waals surface area contributed by atoms with Crippen LogP contribution in [-0.4, -0.2) is 49.2 Å². The van der Waals surface area contributed by atoms with Gasteiger partial charge in [-0.3, -0.25) is 9.69 Å². The van der Waals surface area contributed by atoms with Gasteiger partial charge in [-0.25, -0.2) is 0 Å². The van der Waals surface area contributed by atoms with Crippen molar-refractivity contribution in [1.82, 2.24) is 10.2 Å². The highest BCUT2D eigenvalue weighted by Crippen LogP contribution is 2.24. The SMILES string of the molecule is COC(=O)C(CN1CCCC(C)C1C)NC1CC1. The van der Waals surface area contributed by atoms with Gasteiger partial charge in [0.1, 0.15) is 6.04 Å². The van der Waals surface area contributed by atoms with Crippen LogP contribution in [0.15, 0.2) is 0 Å². The highest BCUT2D eigenvalue weighted by molar-refractivity contribution is 5.76. The normalized spacial score (nSPS) is 31.1. The first-order valence-corrected chi connectivity index (χ1v) is 7.19. The number of nitrogens with zero attached hydrogens (tertiary/aromatic N) is 1. The van der Waals surface area contributed by atoms with Crippen LogP contribution in [0.4, 0.5) is 0 Å². The lowest BCUT2D eigenvalue weighted by Gasteiger charge is -2.39. The lowest BCUT2D eigenvalue weighted by atomic mass is 9.92. The molecule has 0 bridgehead atoms. The van der Waals surface area contributed by atoms with Crippen molar-refractivity contribution in [2.45, 2.75) is 57.7 Å². The molecule has 2 rings (SSSR count). The van der Waals surface area contributed by atoms with E-state index in [0.29, 0.717) is 12.1 Å². The third kappa shape index (κ3) is 3.45. The van der Waals surface area contributed by atoms with E-state index < -0.39 is 0 Å². The molecule has 0 amide bonds. The van der Waals surface area contributed by atoms with Crippen LogP contribution in [0.3, 0.4) is 0 Å². The van der Waals surface area contributed by atoms with Crippen LogP contribution in [0.2, 0.25) is 0 Å². The minimum absolute atomic E-state index is 0.118. The van der Waals surface area contributed by atoms with Crippen LogP contribution in [0.1, 0.15) is 39.5 Å². The first-order valence-electron chi connectivity index (χ1n) is 7.19. The van der Waals surface area contributed by atoms with E-state index in [2.05, 4.69) is 24.1 Å². The first-order chi connectivity index (χ1) is 8.61. The van der Waals surface area contributed by atoms with E-state index in [1.807, 2.05) is 0 Å². The van der Waals surface area contributed by atoms with E-state index in [4.69, 9.17) is 4.74 Å². The lowest BCUT2D eigenvalue weighted by molar-refractivity contribution is -0.144. The average Bonchev–Trinajstić information content (AvgIpc) is 3.17. The molecule has 1 aliphatic heterocycles. The van der Waals surface area contributed by atoms with E-state index in [0.717, 1.165) is 19.0 Å². The maximum absolute atomic E-state index is 11.8. The molecule has 1 aliphatic carbocycles. The summed E-state index contributed by atoms with van der Waals surface area (Å²) < 4.78 is 4.92. The predicted octanol–water partition coefficient (Wildman–Crippen LogP) is 1.40. The highest BCUT2D eigenvalue weighted by Gasteiger charge is 2.33. The monoisotopic (exact) mass is 254 g/mol. The molecule has 0 aromatic rings. The molecule has 2 aliphatic rings. The predicted molar refractivity (Wildman–Crippen MR) is 71.4 cm³/mol. The Balaban J connectivity index is 1.91. The number of rotatable bonds is 5. The van der Waals surface area contributed by atoms with Crippen molar-refractivity contribution in [3.63, 3.8) is 0 Å². The second-order valence-electron chi connectivity index (χ2n) is 5.87. The van der Waals surface area contributed by atoms with Gasteiger partial charge in [0, 0.05) is 18.6 Å². The Bertz CT molecular complexity index is 292. The van der Waals surface area contributed by atoms with Crippen molar-refractivity contribution >= 4 is 5.97 Å². The molecule has 2 fully saturated rings. The van der Waals surface area contributed by atoms with Crippen LogP contribution in [0.25, 0.3) is 0 Å². The first kappa shape index (κ1) is 13.8. The number of nitrogens with one attached hydrogen (secondary N) is 1. The number of methoxy groups -OCH3 is 1. The highest BCUT2D eigenvalue weighted by atomic mass is 16.5. The molecule has 3 atom stereocenters. The zero-order valence-corrected chi connectivity index (χ0v) is 11.8. The van der Waals surface area contributed by atoms with Gasteiger partial charge < -0.3 is 10.1 Å². The molecule has 4 heteroatoms. The molecular formula is C14H26N2O2. The molecule has 0 aromatic heterocycles. The molecule has 0 radical (unpaired) electrons. The Morgan fingerprint density at radius 2 is 2.11 bits per heavy atom. The van der Waals surface area contributed by atoms with E-state index in [-0.39, 0.29) is 12.0 Å². The second-order valence-corrected chi connectivity index (χ2v) is 5.87. The quantitative estimate of drug-likeness (QED) is 0.753. The molecule has 18 heavy (non-hydrogen) atoms. The fraction of sp³-hybridized carbons (Fsp3) is 0.929. The maximum atomic E-state index is 11.8. The zero-order valence-electron chi connectivity index (χ0n) is 11.8. The van der Waals surface area contributed by atoms with Crippen molar-refractivity contribution < 1.29 is 9.53 Å². The van der Waals surface area contributed by atoms with E-state index in [1.165, 1.54) is 32.8 Å². The summed E-state index contributed by atoms with van der Waals surface area (Å²) in [4.78, 5) is 14.3. The van der Waals surface area contributed by atoms with Crippen LogP contribution >= 0.6 is 0 Å². The van der Waals surface area contributed by atoms with Crippen LogP contribution in [0, 0.1) is 5.92 Å². The molecule has 1 heterocycles. The Morgan fingerprint density at radius 1 is 1.39 bits per heavy atom. The number of hydrogen-bond donors (Lipinski definition) is 1. The third-order valence-corrected chi connectivity index (χ3v) is 4.42. The molecule has 3 unspecified atom stereocenters. The van der Waals surface area contributed by atoms with Crippen molar-refractivity contribution in [3.05, 3.63) is 0 Å². The van der Waals surface area contributed by atoms with Gasteiger partial charge in [-0.1, -0.05) is 6.92 Å². The summed E-state index contributed by atoms with van der Waals surface area (Å²) in [5.74, 6) is 0.602. The van der Waals surface area contributed by atoms with Crippen molar-refractivity contribution in [2.24, 2.45) is 5.92 Å². The van der Waals surface area contributed by atoms with Gasteiger partial charge in [-0.05, 0) is 45.1 Å². The number of carbonyl (C=O) groups is 1. The fourth-order valence-corrected chi connectivity index (χ4v) is 2.79. The van der Waals surface area contributed by atoms with Gasteiger partial charge in [0.15, 0.2) is 0 Å². The Labute approximate surface area is 110 Å². The van der Waals surface area contributed by atoms with E-state index in [9.17, 15) is 4.79 Å². The third-order valence-electron chi connectivity index (χ3n) is 4.42. The summed E-state index contributed by atoms with van der Waals surface area (Å²) in [5.41, 5.74) is 0. The minimum Gasteiger partial charge on any atom is -0.468 e. The van der Waals surface area contributed by atoms with Crippen molar-refractivity contribution in [2.75, 3.05) is 20.2 Å². The molecule has 104 valence electrons. The number of esters is 1. The van der Waals surface area contributed by atoms with Gasteiger partial charge in [-0.2, -0.15) is 0 Å². The van der Waals surface area contributed by atoms with Gasteiger partial charge >= 0.3 is 5.97 Å². The molecule has 0 aromatic carbocycles. The summed E-state index contributed by atoms with van der Waals surface area (Å²) in [6.07, 6.45) is 4.93. The number of piperidine rings is 1. The summed E-state index contributed by atoms with van der Waals surface area (Å²) in [6, 6.07) is 0.939. The molecule has 4 nitrogen and oxygen atoms in total. The van der Waals surface area contributed by atoms with E-state index in [1.54, 1.807) is 0 Å². The smallest absolute Gasteiger partial charge is 0.324 e. The topological polar surface area (TPSA) is 41.6 Å². The number of ether oxygens (including phenoxy) is 1. The average molecular weight is 254 g/mol. The molecule has 1 saturated carbocycles. The van der Waals surface area contributed by atoms with Crippen LogP contribution in [-0.2, 0) is 9.53 Å². The largest absolute Gasteiger partial charge is 0.468 e.